The topological polar surface area (TPSA) is 61.5 Å². The van der Waals surface area contributed by atoms with Gasteiger partial charge in [0.25, 0.3) is 0 Å². The number of carbonyl (C=O) groups excluding carboxylic acids is 1. The van der Waals surface area contributed by atoms with Gasteiger partial charge in [-0.25, -0.2) is 0 Å². The first-order valence-corrected chi connectivity index (χ1v) is 6.71. The lowest BCUT2D eigenvalue weighted by atomic mass is 9.99. The number of hydrogen-bond acceptors (Lipinski definition) is 4. The number of nitrogens with two attached hydrogens (primary N) is 1. The molecular weight excluding hydrogens is 266 g/mol. The van der Waals surface area contributed by atoms with Gasteiger partial charge in [-0.2, -0.15) is 0 Å². The van der Waals surface area contributed by atoms with Crippen LogP contribution < -0.4 is 10.5 Å². The molecule has 0 amide bonds. The van der Waals surface area contributed by atoms with Crippen LogP contribution in [0.1, 0.15) is 5.56 Å². The first kappa shape index (κ1) is 15.1. The Bertz CT molecular complexity index is 625. The lowest BCUT2D eigenvalue weighted by molar-refractivity contribution is -0.142. The Kier molecular flexibility index (Phi) is 4.95. The summed E-state index contributed by atoms with van der Waals surface area (Å²) in [5.41, 5.74) is 8.91. The van der Waals surface area contributed by atoms with Gasteiger partial charge in [0, 0.05) is 0 Å². The zero-order valence-corrected chi connectivity index (χ0v) is 12.2. The second kappa shape index (κ2) is 6.90. The van der Waals surface area contributed by atoms with Gasteiger partial charge in [0.05, 0.1) is 14.2 Å². The van der Waals surface area contributed by atoms with Crippen LogP contribution >= 0.6 is 0 Å². The second-order valence-electron chi connectivity index (χ2n) is 4.77. The molecule has 0 aliphatic carbocycles. The molecule has 0 aromatic heterocycles. The monoisotopic (exact) mass is 285 g/mol. The Morgan fingerprint density at radius 3 is 2.43 bits per heavy atom. The van der Waals surface area contributed by atoms with Crippen molar-refractivity contribution in [3.8, 4) is 16.9 Å². The smallest absolute Gasteiger partial charge is 0.322 e. The van der Waals surface area contributed by atoms with Gasteiger partial charge in [0.15, 0.2) is 0 Å². The Labute approximate surface area is 124 Å². The van der Waals surface area contributed by atoms with Gasteiger partial charge >= 0.3 is 5.97 Å². The summed E-state index contributed by atoms with van der Waals surface area (Å²) in [5, 5.41) is 0. The molecule has 110 valence electrons. The van der Waals surface area contributed by atoms with Gasteiger partial charge < -0.3 is 15.2 Å². The molecule has 0 fully saturated rings. The Morgan fingerprint density at radius 2 is 1.76 bits per heavy atom. The molecule has 0 heterocycles. The third kappa shape index (κ3) is 3.83. The summed E-state index contributed by atoms with van der Waals surface area (Å²) >= 11 is 0. The van der Waals surface area contributed by atoms with Crippen molar-refractivity contribution in [1.82, 2.24) is 0 Å². The number of rotatable bonds is 5. The number of benzene rings is 2. The van der Waals surface area contributed by atoms with Crippen molar-refractivity contribution in [2.75, 3.05) is 14.2 Å². The zero-order chi connectivity index (χ0) is 15.2. The van der Waals surface area contributed by atoms with Crippen molar-refractivity contribution >= 4 is 5.97 Å². The lowest BCUT2D eigenvalue weighted by Gasteiger charge is -2.11. The van der Waals surface area contributed by atoms with Gasteiger partial charge in [-0.3, -0.25) is 4.79 Å². The zero-order valence-electron chi connectivity index (χ0n) is 12.2. The third-order valence-electron chi connectivity index (χ3n) is 3.29. The summed E-state index contributed by atoms with van der Waals surface area (Å²) in [7, 11) is 2.99. The number of carbonyl (C=O) groups is 1. The molecule has 21 heavy (non-hydrogen) atoms. The van der Waals surface area contributed by atoms with Crippen molar-refractivity contribution in [2.24, 2.45) is 5.73 Å². The fraction of sp³-hybridized carbons (Fsp3) is 0.235. The molecule has 2 rings (SSSR count). The van der Waals surface area contributed by atoms with Crippen LogP contribution in [0, 0.1) is 0 Å². The summed E-state index contributed by atoms with van der Waals surface area (Å²) in [6.45, 7) is 0. The first-order valence-electron chi connectivity index (χ1n) is 6.71. The van der Waals surface area contributed by atoms with Crippen LogP contribution in [0.3, 0.4) is 0 Å². The molecular formula is C17H19NO3. The van der Waals surface area contributed by atoms with Crippen LogP contribution in [-0.4, -0.2) is 26.2 Å². The van der Waals surface area contributed by atoms with Crippen molar-refractivity contribution < 1.29 is 14.3 Å². The highest BCUT2D eigenvalue weighted by molar-refractivity contribution is 5.76. The summed E-state index contributed by atoms with van der Waals surface area (Å²) in [6.07, 6.45) is 0.449. The van der Waals surface area contributed by atoms with E-state index in [2.05, 4.69) is 4.74 Å². The van der Waals surface area contributed by atoms with Crippen LogP contribution in [0.5, 0.6) is 5.75 Å². The molecule has 2 aromatic rings. The standard InChI is InChI=1S/C17H19NO3/c1-20-15-8-4-7-14(11-15)13-6-3-5-12(9-13)10-16(18)17(19)21-2/h3-9,11,16H,10,18H2,1-2H3. The predicted octanol–water partition coefficient (Wildman–Crippen LogP) is 2.41. The summed E-state index contributed by atoms with van der Waals surface area (Å²) in [4.78, 5) is 11.4. The van der Waals surface area contributed by atoms with Crippen LogP contribution in [0.4, 0.5) is 0 Å². The lowest BCUT2D eigenvalue weighted by Crippen LogP contribution is -2.33. The Hall–Kier alpha value is -2.33. The SMILES string of the molecule is COC(=O)C(N)Cc1cccc(-c2cccc(OC)c2)c1. The average molecular weight is 285 g/mol. The van der Waals surface area contributed by atoms with Crippen LogP contribution in [0.2, 0.25) is 0 Å². The molecule has 4 nitrogen and oxygen atoms in total. The molecule has 0 aliphatic rings. The molecule has 0 radical (unpaired) electrons. The molecule has 4 heteroatoms. The Balaban J connectivity index is 2.22. The van der Waals surface area contributed by atoms with Crippen molar-refractivity contribution in [3.05, 3.63) is 54.1 Å². The molecule has 2 aromatic carbocycles. The van der Waals surface area contributed by atoms with Gasteiger partial charge in [0.2, 0.25) is 0 Å². The number of methoxy groups -OCH3 is 2. The van der Waals surface area contributed by atoms with Gasteiger partial charge in [-0.15, -0.1) is 0 Å². The fourth-order valence-corrected chi connectivity index (χ4v) is 2.17. The van der Waals surface area contributed by atoms with Gasteiger partial charge in [-0.1, -0.05) is 36.4 Å². The third-order valence-corrected chi connectivity index (χ3v) is 3.29. The summed E-state index contributed by atoms with van der Waals surface area (Å²) < 4.78 is 9.88. The molecule has 2 N–H and O–H groups in total. The van der Waals surface area contributed by atoms with Crippen LogP contribution in [-0.2, 0) is 16.0 Å². The highest BCUT2D eigenvalue weighted by Crippen LogP contribution is 2.24. The quantitative estimate of drug-likeness (QED) is 0.857. The second-order valence-corrected chi connectivity index (χ2v) is 4.77. The molecule has 1 unspecified atom stereocenters. The molecule has 0 saturated heterocycles. The summed E-state index contributed by atoms with van der Waals surface area (Å²) in [6, 6.07) is 15.1. The van der Waals surface area contributed by atoms with E-state index >= 15 is 0 Å². The number of ether oxygens (including phenoxy) is 2. The minimum absolute atomic E-state index is 0.401. The van der Waals surface area contributed by atoms with E-state index in [9.17, 15) is 4.79 Å². The largest absolute Gasteiger partial charge is 0.497 e. The van der Waals surface area contributed by atoms with Crippen molar-refractivity contribution in [1.29, 1.82) is 0 Å². The molecule has 0 saturated carbocycles. The normalized spacial score (nSPS) is 11.8. The van der Waals surface area contributed by atoms with E-state index in [-0.39, 0.29) is 0 Å². The van der Waals surface area contributed by atoms with Crippen molar-refractivity contribution in [3.63, 3.8) is 0 Å². The minimum Gasteiger partial charge on any atom is -0.497 e. The Morgan fingerprint density at radius 1 is 1.10 bits per heavy atom. The highest BCUT2D eigenvalue weighted by atomic mass is 16.5. The first-order chi connectivity index (χ1) is 10.1. The maximum absolute atomic E-state index is 11.4. The van der Waals surface area contributed by atoms with E-state index in [0.29, 0.717) is 6.42 Å². The minimum atomic E-state index is -0.643. The van der Waals surface area contributed by atoms with E-state index in [0.717, 1.165) is 22.4 Å². The molecule has 0 aliphatic heterocycles. The fourth-order valence-electron chi connectivity index (χ4n) is 2.17. The average Bonchev–Trinajstić information content (AvgIpc) is 2.54. The molecule has 0 bridgehead atoms. The maximum atomic E-state index is 11.4. The predicted molar refractivity (Wildman–Crippen MR) is 82.1 cm³/mol. The number of esters is 1. The van der Waals surface area contributed by atoms with E-state index < -0.39 is 12.0 Å². The molecule has 0 spiro atoms. The van der Waals surface area contributed by atoms with Gasteiger partial charge in [0.1, 0.15) is 11.8 Å². The summed E-state index contributed by atoms with van der Waals surface area (Å²) in [5.74, 6) is 0.408. The molecule has 1 atom stereocenters. The number of hydrogen-bond donors (Lipinski definition) is 1. The van der Waals surface area contributed by atoms with Gasteiger partial charge in [-0.05, 0) is 35.2 Å². The van der Waals surface area contributed by atoms with E-state index in [1.165, 1.54) is 7.11 Å². The van der Waals surface area contributed by atoms with E-state index in [4.69, 9.17) is 10.5 Å². The van der Waals surface area contributed by atoms with Crippen molar-refractivity contribution in [2.45, 2.75) is 12.5 Å². The van der Waals surface area contributed by atoms with Crippen LogP contribution in [0.15, 0.2) is 48.5 Å². The highest BCUT2D eigenvalue weighted by Gasteiger charge is 2.14. The maximum Gasteiger partial charge on any atom is 0.322 e. The van der Waals surface area contributed by atoms with E-state index in [1.54, 1.807) is 7.11 Å². The van der Waals surface area contributed by atoms with E-state index in [1.807, 2.05) is 48.5 Å². The van der Waals surface area contributed by atoms with Crippen LogP contribution in [0.25, 0.3) is 11.1 Å².